The number of carbonyl (C=O) groups excluding carboxylic acids is 2. The minimum atomic E-state index is -0.0876. The van der Waals surface area contributed by atoms with E-state index in [4.69, 9.17) is 0 Å². The van der Waals surface area contributed by atoms with Crippen LogP contribution >= 0.6 is 0 Å². The Morgan fingerprint density at radius 2 is 1.87 bits per heavy atom. The van der Waals surface area contributed by atoms with E-state index in [-0.39, 0.29) is 5.54 Å². The quantitative estimate of drug-likeness (QED) is 0.365. The van der Waals surface area contributed by atoms with Crippen molar-refractivity contribution in [1.29, 1.82) is 0 Å². The predicted octanol–water partition coefficient (Wildman–Crippen LogP) is 2.14. The third-order valence-electron chi connectivity index (χ3n) is 3.04. The highest BCUT2D eigenvalue weighted by Gasteiger charge is 2.35. The van der Waals surface area contributed by atoms with Crippen LogP contribution < -0.4 is 0 Å². The molecule has 82 valence electrons. The standard InChI is InChI=1S/C11H16N2O2/c14-9-12-8-3-1-2-5-11(13-10-15)6-4-7-11/h1-8H2. The first-order chi connectivity index (χ1) is 7.33. The van der Waals surface area contributed by atoms with Crippen molar-refractivity contribution >= 4 is 12.2 Å². The number of hydrogen-bond donors (Lipinski definition) is 0. The molecule has 1 aliphatic rings. The van der Waals surface area contributed by atoms with Crippen LogP contribution in [0, 0.1) is 0 Å². The van der Waals surface area contributed by atoms with Gasteiger partial charge in [-0.05, 0) is 32.1 Å². The van der Waals surface area contributed by atoms with E-state index in [0.29, 0.717) is 6.54 Å². The zero-order valence-electron chi connectivity index (χ0n) is 8.87. The Bertz CT molecular complexity index is 285. The second-order valence-electron chi connectivity index (χ2n) is 4.06. The average Bonchev–Trinajstić information content (AvgIpc) is 2.19. The number of aliphatic imine (C=N–C) groups is 2. The maximum absolute atomic E-state index is 10.2. The van der Waals surface area contributed by atoms with Gasteiger partial charge in [-0.3, -0.25) is 0 Å². The minimum Gasteiger partial charge on any atom is -0.211 e. The fourth-order valence-corrected chi connectivity index (χ4v) is 1.97. The zero-order chi connectivity index (χ0) is 11.0. The van der Waals surface area contributed by atoms with Crippen LogP contribution in [-0.2, 0) is 9.59 Å². The van der Waals surface area contributed by atoms with Crippen molar-refractivity contribution < 1.29 is 9.59 Å². The van der Waals surface area contributed by atoms with Crippen molar-refractivity contribution in [2.45, 2.75) is 50.5 Å². The van der Waals surface area contributed by atoms with Gasteiger partial charge in [0, 0.05) is 0 Å². The Hall–Kier alpha value is -1.24. The topological polar surface area (TPSA) is 58.9 Å². The summed E-state index contributed by atoms with van der Waals surface area (Å²) in [4.78, 5) is 27.4. The number of rotatable bonds is 7. The van der Waals surface area contributed by atoms with Gasteiger partial charge in [0.05, 0.1) is 12.1 Å². The average molecular weight is 208 g/mol. The van der Waals surface area contributed by atoms with Crippen molar-refractivity contribution in [2.24, 2.45) is 9.98 Å². The molecule has 0 aliphatic heterocycles. The van der Waals surface area contributed by atoms with Crippen molar-refractivity contribution in [3.8, 4) is 0 Å². The van der Waals surface area contributed by atoms with Gasteiger partial charge in [-0.25, -0.2) is 14.6 Å². The third kappa shape index (κ3) is 3.78. The molecule has 15 heavy (non-hydrogen) atoms. The van der Waals surface area contributed by atoms with E-state index in [2.05, 4.69) is 9.98 Å². The van der Waals surface area contributed by atoms with Crippen molar-refractivity contribution in [3.63, 3.8) is 0 Å². The molecule has 0 N–H and O–H groups in total. The fraction of sp³-hybridized carbons (Fsp3) is 0.818. The lowest BCUT2D eigenvalue weighted by atomic mass is 9.74. The van der Waals surface area contributed by atoms with Gasteiger partial charge in [0.15, 0.2) is 0 Å². The summed E-state index contributed by atoms with van der Waals surface area (Å²) in [6.45, 7) is 0.563. The molecule has 4 nitrogen and oxygen atoms in total. The van der Waals surface area contributed by atoms with Gasteiger partial charge in [-0.1, -0.05) is 12.8 Å². The second-order valence-corrected chi connectivity index (χ2v) is 4.06. The summed E-state index contributed by atoms with van der Waals surface area (Å²) in [5, 5.41) is 0. The Kier molecular flexibility index (Phi) is 4.96. The third-order valence-corrected chi connectivity index (χ3v) is 3.04. The van der Waals surface area contributed by atoms with E-state index in [9.17, 15) is 9.59 Å². The van der Waals surface area contributed by atoms with Gasteiger partial charge < -0.3 is 0 Å². The summed E-state index contributed by atoms with van der Waals surface area (Å²) >= 11 is 0. The zero-order valence-corrected chi connectivity index (χ0v) is 8.87. The number of isocyanates is 2. The molecule has 0 unspecified atom stereocenters. The largest absolute Gasteiger partial charge is 0.235 e. The van der Waals surface area contributed by atoms with Crippen molar-refractivity contribution in [3.05, 3.63) is 0 Å². The van der Waals surface area contributed by atoms with E-state index < -0.39 is 0 Å². The Morgan fingerprint density at radius 1 is 1.07 bits per heavy atom. The molecule has 0 saturated heterocycles. The van der Waals surface area contributed by atoms with Crippen LogP contribution in [0.4, 0.5) is 0 Å². The Balaban J connectivity index is 2.13. The lowest BCUT2D eigenvalue weighted by molar-refractivity contribution is 0.227. The number of nitrogens with zero attached hydrogens (tertiary/aromatic N) is 2. The molecule has 1 saturated carbocycles. The monoisotopic (exact) mass is 208 g/mol. The van der Waals surface area contributed by atoms with Gasteiger partial charge in [0.2, 0.25) is 12.2 Å². The summed E-state index contributed by atoms with van der Waals surface area (Å²) < 4.78 is 0. The molecular formula is C11H16N2O2. The first-order valence-corrected chi connectivity index (χ1v) is 5.46. The molecule has 0 atom stereocenters. The highest BCUT2D eigenvalue weighted by atomic mass is 16.1. The predicted molar refractivity (Wildman–Crippen MR) is 56.2 cm³/mol. The van der Waals surface area contributed by atoms with Gasteiger partial charge in [0.25, 0.3) is 0 Å². The highest BCUT2D eigenvalue weighted by Crippen LogP contribution is 2.39. The first kappa shape index (κ1) is 11.8. The van der Waals surface area contributed by atoms with Crippen molar-refractivity contribution in [1.82, 2.24) is 0 Å². The Morgan fingerprint density at radius 3 is 2.40 bits per heavy atom. The van der Waals surface area contributed by atoms with Crippen LogP contribution in [0.2, 0.25) is 0 Å². The van der Waals surface area contributed by atoms with E-state index in [1.165, 1.54) is 12.5 Å². The van der Waals surface area contributed by atoms with E-state index in [1.54, 1.807) is 6.08 Å². The van der Waals surface area contributed by atoms with Gasteiger partial charge in [-0.15, -0.1) is 0 Å². The molecule has 0 amide bonds. The normalized spacial score (nSPS) is 17.1. The summed E-state index contributed by atoms with van der Waals surface area (Å²) in [6, 6.07) is 0. The maximum Gasteiger partial charge on any atom is 0.235 e. The molecule has 1 fully saturated rings. The minimum absolute atomic E-state index is 0.0876. The summed E-state index contributed by atoms with van der Waals surface area (Å²) in [6.07, 6.45) is 10.4. The summed E-state index contributed by atoms with van der Waals surface area (Å²) in [5.74, 6) is 0. The molecular weight excluding hydrogens is 192 g/mol. The van der Waals surface area contributed by atoms with Crippen LogP contribution in [0.15, 0.2) is 9.98 Å². The smallest absolute Gasteiger partial charge is 0.211 e. The van der Waals surface area contributed by atoms with Crippen molar-refractivity contribution in [2.75, 3.05) is 6.54 Å². The lowest BCUT2D eigenvalue weighted by Gasteiger charge is -2.36. The fourth-order valence-electron chi connectivity index (χ4n) is 1.97. The molecule has 0 bridgehead atoms. The van der Waals surface area contributed by atoms with Gasteiger partial charge in [0.1, 0.15) is 0 Å². The number of hydrogen-bond acceptors (Lipinski definition) is 4. The molecule has 0 aromatic heterocycles. The molecule has 0 radical (unpaired) electrons. The van der Waals surface area contributed by atoms with E-state index >= 15 is 0 Å². The number of unbranched alkanes of at least 4 members (excludes halogenated alkanes) is 2. The summed E-state index contributed by atoms with van der Waals surface area (Å²) in [7, 11) is 0. The van der Waals surface area contributed by atoms with E-state index in [1.807, 2.05) is 0 Å². The van der Waals surface area contributed by atoms with Crippen LogP contribution in [0.5, 0.6) is 0 Å². The van der Waals surface area contributed by atoms with E-state index in [0.717, 1.165) is 38.5 Å². The molecule has 1 aliphatic carbocycles. The highest BCUT2D eigenvalue weighted by molar-refractivity contribution is 5.35. The Labute approximate surface area is 89.5 Å². The van der Waals surface area contributed by atoms with Crippen LogP contribution in [0.3, 0.4) is 0 Å². The molecule has 4 heteroatoms. The maximum atomic E-state index is 10.2. The molecule has 0 heterocycles. The SMILES string of the molecule is O=C=NCCCCCC1(N=C=O)CCC1. The second kappa shape index (κ2) is 6.28. The molecule has 0 aromatic rings. The van der Waals surface area contributed by atoms with Crippen LogP contribution in [-0.4, -0.2) is 24.2 Å². The molecule has 1 rings (SSSR count). The molecule has 0 aromatic carbocycles. The summed E-state index contributed by atoms with van der Waals surface area (Å²) in [5.41, 5.74) is -0.0876. The molecule has 0 spiro atoms. The van der Waals surface area contributed by atoms with Crippen LogP contribution in [0.25, 0.3) is 0 Å². The van der Waals surface area contributed by atoms with Gasteiger partial charge in [-0.2, -0.15) is 4.99 Å². The first-order valence-electron chi connectivity index (χ1n) is 5.46. The van der Waals surface area contributed by atoms with Crippen LogP contribution in [0.1, 0.15) is 44.9 Å². The van der Waals surface area contributed by atoms with Gasteiger partial charge >= 0.3 is 0 Å². The lowest BCUT2D eigenvalue weighted by Crippen LogP contribution is -2.34.